The van der Waals surface area contributed by atoms with Gasteiger partial charge in [0.15, 0.2) is 0 Å². The number of esters is 1. The fourth-order valence-electron chi connectivity index (χ4n) is 1.71. The molecule has 0 amide bonds. The number of ether oxygens (including phenoxy) is 2. The van der Waals surface area contributed by atoms with Gasteiger partial charge in [0.2, 0.25) is 0 Å². The van der Waals surface area contributed by atoms with E-state index in [9.17, 15) is 4.79 Å². The van der Waals surface area contributed by atoms with E-state index in [0.717, 1.165) is 16.3 Å². The van der Waals surface area contributed by atoms with Crippen molar-refractivity contribution in [1.29, 1.82) is 0 Å². The third-order valence-corrected chi connectivity index (χ3v) is 3.68. The van der Waals surface area contributed by atoms with Crippen LogP contribution in [0.4, 0.5) is 0 Å². The van der Waals surface area contributed by atoms with Gasteiger partial charge in [-0.15, -0.1) is 11.3 Å². The molecule has 106 valence electrons. The van der Waals surface area contributed by atoms with Crippen LogP contribution in [0.15, 0.2) is 23.6 Å². The van der Waals surface area contributed by atoms with Crippen LogP contribution in [0.5, 0.6) is 5.75 Å². The summed E-state index contributed by atoms with van der Waals surface area (Å²) >= 11 is 7.43. The van der Waals surface area contributed by atoms with Gasteiger partial charge in [0, 0.05) is 16.0 Å². The summed E-state index contributed by atoms with van der Waals surface area (Å²) in [5, 5.41) is 3.37. The van der Waals surface area contributed by atoms with Gasteiger partial charge in [-0.3, -0.25) is 4.79 Å². The molecule has 2 aromatic rings. The lowest BCUT2D eigenvalue weighted by Gasteiger charge is -2.09. The molecule has 0 atom stereocenters. The second kappa shape index (κ2) is 6.72. The lowest BCUT2D eigenvalue weighted by Crippen LogP contribution is -2.09. The smallest absolute Gasteiger partial charge is 0.312 e. The van der Waals surface area contributed by atoms with Crippen LogP contribution in [0.1, 0.15) is 16.3 Å². The Morgan fingerprint density at radius 2 is 2.25 bits per heavy atom. The minimum Gasteiger partial charge on any atom is -0.496 e. The summed E-state index contributed by atoms with van der Waals surface area (Å²) in [5.74, 6) is 0.323. The summed E-state index contributed by atoms with van der Waals surface area (Å²) in [6.07, 6.45) is 0.174. The standard InChI is InChI=1S/C14H14ClNO3S/c1-9-16-12(8-20-9)6-14(17)19-7-10-5-11(15)3-4-13(10)18-2/h3-5,8H,6-7H2,1-2H3. The van der Waals surface area contributed by atoms with E-state index >= 15 is 0 Å². The molecule has 1 heterocycles. The molecule has 20 heavy (non-hydrogen) atoms. The molecule has 0 N–H and O–H groups in total. The topological polar surface area (TPSA) is 48.4 Å². The monoisotopic (exact) mass is 311 g/mol. The second-order valence-electron chi connectivity index (χ2n) is 4.15. The van der Waals surface area contributed by atoms with E-state index < -0.39 is 0 Å². The predicted octanol–water partition coefficient (Wildman–Crippen LogP) is 3.40. The van der Waals surface area contributed by atoms with Crippen molar-refractivity contribution in [1.82, 2.24) is 4.98 Å². The third-order valence-electron chi connectivity index (χ3n) is 2.62. The van der Waals surface area contributed by atoms with Gasteiger partial charge < -0.3 is 9.47 Å². The van der Waals surface area contributed by atoms with Crippen molar-refractivity contribution in [3.8, 4) is 5.75 Å². The van der Waals surface area contributed by atoms with Crippen LogP contribution in [-0.2, 0) is 22.6 Å². The molecule has 0 saturated heterocycles. The van der Waals surface area contributed by atoms with E-state index in [-0.39, 0.29) is 19.0 Å². The quantitative estimate of drug-likeness (QED) is 0.794. The highest BCUT2D eigenvalue weighted by Crippen LogP contribution is 2.23. The molecule has 0 saturated carbocycles. The minimum absolute atomic E-state index is 0.131. The molecule has 0 unspecified atom stereocenters. The fourth-order valence-corrected chi connectivity index (χ4v) is 2.51. The van der Waals surface area contributed by atoms with Gasteiger partial charge in [0.1, 0.15) is 12.4 Å². The number of halogens is 1. The van der Waals surface area contributed by atoms with E-state index in [1.807, 2.05) is 12.3 Å². The molecule has 2 rings (SSSR count). The molecule has 0 spiro atoms. The number of carbonyl (C=O) groups excluding carboxylic acids is 1. The first kappa shape index (κ1) is 14.8. The van der Waals surface area contributed by atoms with Crippen molar-refractivity contribution >= 4 is 28.9 Å². The Kier molecular flexibility index (Phi) is 4.98. The van der Waals surface area contributed by atoms with Crippen molar-refractivity contribution < 1.29 is 14.3 Å². The van der Waals surface area contributed by atoms with Gasteiger partial charge in [-0.25, -0.2) is 4.98 Å². The number of rotatable bonds is 5. The number of aromatic nitrogens is 1. The van der Waals surface area contributed by atoms with Gasteiger partial charge in [0.05, 0.1) is 24.2 Å². The van der Waals surface area contributed by atoms with Gasteiger partial charge in [0.25, 0.3) is 0 Å². The maximum atomic E-state index is 11.7. The van der Waals surface area contributed by atoms with E-state index in [1.165, 1.54) is 11.3 Å². The first-order valence-electron chi connectivity index (χ1n) is 5.97. The molecule has 0 aliphatic carbocycles. The largest absolute Gasteiger partial charge is 0.496 e. The summed E-state index contributed by atoms with van der Waals surface area (Å²) in [6, 6.07) is 5.19. The molecular formula is C14H14ClNO3S. The first-order chi connectivity index (χ1) is 9.58. The highest BCUT2D eigenvalue weighted by atomic mass is 35.5. The van der Waals surface area contributed by atoms with Crippen LogP contribution in [0, 0.1) is 6.92 Å². The fraction of sp³-hybridized carbons (Fsp3) is 0.286. The number of hydrogen-bond acceptors (Lipinski definition) is 5. The van der Waals surface area contributed by atoms with E-state index in [4.69, 9.17) is 21.1 Å². The molecule has 0 bridgehead atoms. The average Bonchev–Trinajstić information content (AvgIpc) is 2.82. The van der Waals surface area contributed by atoms with Gasteiger partial charge in [-0.05, 0) is 25.1 Å². The maximum absolute atomic E-state index is 11.7. The molecule has 0 aliphatic heterocycles. The Labute approximate surface area is 126 Å². The van der Waals surface area contributed by atoms with Crippen molar-refractivity contribution in [3.05, 3.63) is 44.9 Å². The summed E-state index contributed by atoms with van der Waals surface area (Å²) in [6.45, 7) is 2.03. The van der Waals surface area contributed by atoms with Crippen LogP contribution < -0.4 is 4.74 Å². The first-order valence-corrected chi connectivity index (χ1v) is 7.23. The van der Waals surface area contributed by atoms with E-state index in [0.29, 0.717) is 10.8 Å². The zero-order chi connectivity index (χ0) is 14.5. The highest BCUT2D eigenvalue weighted by Gasteiger charge is 2.10. The number of methoxy groups -OCH3 is 1. The summed E-state index contributed by atoms with van der Waals surface area (Å²) in [5.41, 5.74) is 1.47. The van der Waals surface area contributed by atoms with E-state index in [1.54, 1.807) is 25.3 Å². The van der Waals surface area contributed by atoms with Crippen molar-refractivity contribution in [3.63, 3.8) is 0 Å². The van der Waals surface area contributed by atoms with Crippen molar-refractivity contribution in [2.45, 2.75) is 20.0 Å². The molecule has 1 aromatic heterocycles. The SMILES string of the molecule is COc1ccc(Cl)cc1COC(=O)Cc1csc(C)n1. The second-order valence-corrected chi connectivity index (χ2v) is 5.65. The van der Waals surface area contributed by atoms with Crippen molar-refractivity contribution in [2.24, 2.45) is 0 Å². The molecular weight excluding hydrogens is 298 g/mol. The maximum Gasteiger partial charge on any atom is 0.312 e. The molecule has 4 nitrogen and oxygen atoms in total. The van der Waals surface area contributed by atoms with Crippen LogP contribution in [-0.4, -0.2) is 18.1 Å². The predicted molar refractivity (Wildman–Crippen MR) is 78.4 cm³/mol. The molecule has 0 radical (unpaired) electrons. The third kappa shape index (κ3) is 3.95. The molecule has 1 aromatic carbocycles. The van der Waals surface area contributed by atoms with Crippen molar-refractivity contribution in [2.75, 3.05) is 7.11 Å². The molecule has 6 heteroatoms. The van der Waals surface area contributed by atoms with E-state index in [2.05, 4.69) is 4.98 Å². The molecule has 0 fully saturated rings. The van der Waals surface area contributed by atoms with Crippen LogP contribution in [0.25, 0.3) is 0 Å². The van der Waals surface area contributed by atoms with Crippen LogP contribution in [0.3, 0.4) is 0 Å². The van der Waals surface area contributed by atoms with Gasteiger partial charge in [-0.2, -0.15) is 0 Å². The Balaban J connectivity index is 1.94. The number of thiazole rings is 1. The molecule has 0 aliphatic rings. The van der Waals surface area contributed by atoms with Gasteiger partial charge >= 0.3 is 5.97 Å². The zero-order valence-corrected chi connectivity index (χ0v) is 12.8. The zero-order valence-electron chi connectivity index (χ0n) is 11.2. The van der Waals surface area contributed by atoms with Crippen LogP contribution >= 0.6 is 22.9 Å². The number of aryl methyl sites for hydroxylation is 1. The summed E-state index contributed by atoms with van der Waals surface area (Å²) in [7, 11) is 1.56. The summed E-state index contributed by atoms with van der Waals surface area (Å²) in [4.78, 5) is 16.0. The average molecular weight is 312 g/mol. The minimum atomic E-state index is -0.322. The number of nitrogens with zero attached hydrogens (tertiary/aromatic N) is 1. The number of carbonyl (C=O) groups is 1. The lowest BCUT2D eigenvalue weighted by atomic mass is 10.2. The lowest BCUT2D eigenvalue weighted by molar-refractivity contribution is -0.144. The van der Waals surface area contributed by atoms with Crippen LogP contribution in [0.2, 0.25) is 5.02 Å². The Hall–Kier alpha value is -1.59. The Morgan fingerprint density at radius 1 is 1.45 bits per heavy atom. The Morgan fingerprint density at radius 3 is 2.90 bits per heavy atom. The number of benzene rings is 1. The number of hydrogen-bond donors (Lipinski definition) is 0. The van der Waals surface area contributed by atoms with Gasteiger partial charge in [-0.1, -0.05) is 11.6 Å². The normalized spacial score (nSPS) is 10.3. The summed E-state index contributed by atoms with van der Waals surface area (Å²) < 4.78 is 10.4. The highest BCUT2D eigenvalue weighted by molar-refractivity contribution is 7.09. The Bertz CT molecular complexity index is 612.